The van der Waals surface area contributed by atoms with E-state index in [1.165, 1.54) is 0 Å². The number of aliphatic hydroxyl groups is 1. The van der Waals surface area contributed by atoms with E-state index in [-0.39, 0.29) is 12.5 Å². The van der Waals surface area contributed by atoms with Gasteiger partial charge in [0.05, 0.1) is 21.4 Å². The molecule has 0 aliphatic rings. The minimum atomic E-state index is -0.186. The van der Waals surface area contributed by atoms with Gasteiger partial charge in [-0.25, -0.2) is 4.98 Å². The number of unbranched alkanes of at least 4 members (excludes halogenated alkanes) is 1. The van der Waals surface area contributed by atoms with Gasteiger partial charge >= 0.3 is 0 Å². The summed E-state index contributed by atoms with van der Waals surface area (Å²) < 4.78 is 2.62. The van der Waals surface area contributed by atoms with Crippen LogP contribution in [0.3, 0.4) is 0 Å². The molecule has 164 valence electrons. The highest BCUT2D eigenvalue weighted by molar-refractivity contribution is 9.10. The van der Waals surface area contributed by atoms with Crippen molar-refractivity contribution in [2.75, 3.05) is 13.2 Å². The Bertz CT molecular complexity index is 1260. The average molecular weight is 533 g/mol. The summed E-state index contributed by atoms with van der Waals surface area (Å²) in [5.41, 5.74) is 4.63. The molecule has 4 rings (SSSR count). The lowest BCUT2D eigenvalue weighted by molar-refractivity contribution is 0.0951. The van der Waals surface area contributed by atoms with Gasteiger partial charge < -0.3 is 10.4 Å². The molecule has 0 radical (unpaired) electrons. The number of amides is 1. The summed E-state index contributed by atoms with van der Waals surface area (Å²) >= 11 is 15.8. The minimum Gasteiger partial charge on any atom is -0.396 e. The second kappa shape index (κ2) is 10.0. The number of aromatic nitrogens is 2. The second-order valence-corrected chi connectivity index (χ2v) is 9.01. The molecule has 0 aliphatic heterocycles. The first-order valence-electron chi connectivity index (χ1n) is 10.1. The van der Waals surface area contributed by atoms with E-state index in [4.69, 9.17) is 33.3 Å². The van der Waals surface area contributed by atoms with Crippen LogP contribution in [0.4, 0.5) is 0 Å². The Labute approximate surface area is 204 Å². The number of nitrogens with one attached hydrogen (secondary N) is 1. The fraction of sp³-hybridized carbons (Fsp3) is 0.167. The summed E-state index contributed by atoms with van der Waals surface area (Å²) in [5.74, 6) is -0.186. The molecule has 0 atom stereocenters. The Kier molecular flexibility index (Phi) is 7.16. The zero-order valence-electron chi connectivity index (χ0n) is 17.0. The Balaban J connectivity index is 1.85. The first kappa shape index (κ1) is 22.8. The number of benzene rings is 2. The number of hydrogen-bond acceptors (Lipinski definition) is 3. The number of fused-ring (bicyclic) bond motifs is 1. The smallest absolute Gasteiger partial charge is 0.252 e. The van der Waals surface area contributed by atoms with Crippen molar-refractivity contribution < 1.29 is 9.90 Å². The van der Waals surface area contributed by atoms with E-state index < -0.39 is 0 Å². The third kappa shape index (κ3) is 4.84. The maximum absolute atomic E-state index is 12.8. The van der Waals surface area contributed by atoms with Gasteiger partial charge in [0.15, 0.2) is 5.65 Å². The lowest BCUT2D eigenvalue weighted by Crippen LogP contribution is -2.25. The third-order valence-electron chi connectivity index (χ3n) is 5.04. The van der Waals surface area contributed by atoms with Gasteiger partial charge in [-0.2, -0.15) is 0 Å². The van der Waals surface area contributed by atoms with E-state index in [1.54, 1.807) is 12.3 Å². The molecule has 2 aromatic carbocycles. The van der Waals surface area contributed by atoms with Gasteiger partial charge in [0, 0.05) is 40.5 Å². The number of nitrogens with zero attached hydrogens (tertiary/aromatic N) is 2. The molecule has 2 heterocycles. The molecule has 2 aromatic heterocycles. The van der Waals surface area contributed by atoms with Crippen LogP contribution in [0.5, 0.6) is 0 Å². The lowest BCUT2D eigenvalue weighted by Gasteiger charge is -2.09. The SMILES string of the molecule is O=C(NCCCCO)c1cc(Br)c2nc(-c3ccc(Cl)cc3)c(-c3ccc(Cl)cc3)n2c1. The molecule has 0 aliphatic carbocycles. The molecule has 8 heteroatoms. The van der Waals surface area contributed by atoms with Gasteiger partial charge in [0.25, 0.3) is 5.91 Å². The lowest BCUT2D eigenvalue weighted by atomic mass is 10.0. The normalized spacial score (nSPS) is 11.1. The number of pyridine rings is 1. The number of aliphatic hydroxyl groups excluding tert-OH is 1. The zero-order chi connectivity index (χ0) is 22.7. The van der Waals surface area contributed by atoms with Crippen LogP contribution < -0.4 is 5.32 Å². The largest absolute Gasteiger partial charge is 0.396 e. The summed E-state index contributed by atoms with van der Waals surface area (Å²) in [4.78, 5) is 17.6. The zero-order valence-corrected chi connectivity index (χ0v) is 20.1. The van der Waals surface area contributed by atoms with Crippen molar-refractivity contribution >= 4 is 50.7 Å². The maximum atomic E-state index is 12.8. The fourth-order valence-electron chi connectivity index (χ4n) is 3.46. The number of carbonyl (C=O) groups is 1. The van der Waals surface area contributed by atoms with E-state index in [2.05, 4.69) is 21.2 Å². The van der Waals surface area contributed by atoms with Crippen molar-refractivity contribution in [3.05, 3.63) is 80.9 Å². The summed E-state index contributed by atoms with van der Waals surface area (Å²) in [7, 11) is 0. The number of rotatable bonds is 7. The van der Waals surface area contributed by atoms with Gasteiger partial charge in [0.2, 0.25) is 0 Å². The molecular formula is C24H20BrCl2N3O2. The minimum absolute atomic E-state index is 0.111. The van der Waals surface area contributed by atoms with E-state index in [1.807, 2.05) is 52.9 Å². The molecule has 0 saturated carbocycles. The first-order chi connectivity index (χ1) is 15.5. The van der Waals surface area contributed by atoms with Crippen molar-refractivity contribution in [3.8, 4) is 22.5 Å². The van der Waals surface area contributed by atoms with Gasteiger partial charge in [-0.15, -0.1) is 0 Å². The predicted molar refractivity (Wildman–Crippen MR) is 132 cm³/mol. The van der Waals surface area contributed by atoms with Crippen LogP contribution in [0, 0.1) is 0 Å². The highest BCUT2D eigenvalue weighted by atomic mass is 79.9. The van der Waals surface area contributed by atoms with Crippen molar-refractivity contribution in [3.63, 3.8) is 0 Å². The quantitative estimate of drug-likeness (QED) is 0.277. The maximum Gasteiger partial charge on any atom is 0.252 e. The summed E-state index contributed by atoms with van der Waals surface area (Å²) in [5, 5.41) is 13.1. The number of halogens is 3. The monoisotopic (exact) mass is 531 g/mol. The number of hydrogen-bond donors (Lipinski definition) is 2. The highest BCUT2D eigenvalue weighted by Gasteiger charge is 2.20. The molecular weight excluding hydrogens is 513 g/mol. The second-order valence-electron chi connectivity index (χ2n) is 7.28. The summed E-state index contributed by atoms with van der Waals surface area (Å²) in [6, 6.07) is 16.8. The molecule has 0 bridgehead atoms. The van der Waals surface area contributed by atoms with Crippen LogP contribution in [0.15, 0.2) is 65.3 Å². The molecule has 1 amide bonds. The highest BCUT2D eigenvalue weighted by Crippen LogP contribution is 2.36. The van der Waals surface area contributed by atoms with E-state index in [9.17, 15) is 4.79 Å². The van der Waals surface area contributed by atoms with Crippen molar-refractivity contribution in [2.24, 2.45) is 0 Å². The van der Waals surface area contributed by atoms with Gasteiger partial charge in [0.1, 0.15) is 0 Å². The van der Waals surface area contributed by atoms with Gasteiger partial charge in [-0.1, -0.05) is 47.5 Å². The van der Waals surface area contributed by atoms with Crippen molar-refractivity contribution in [1.82, 2.24) is 14.7 Å². The van der Waals surface area contributed by atoms with Crippen LogP contribution in [0.2, 0.25) is 10.0 Å². The van der Waals surface area contributed by atoms with Gasteiger partial charge in [-0.3, -0.25) is 9.20 Å². The van der Waals surface area contributed by atoms with Gasteiger partial charge in [-0.05, 0) is 59.1 Å². The van der Waals surface area contributed by atoms with E-state index in [0.717, 1.165) is 22.5 Å². The average Bonchev–Trinajstić information content (AvgIpc) is 3.18. The van der Waals surface area contributed by atoms with Crippen LogP contribution in [0.25, 0.3) is 28.2 Å². The topological polar surface area (TPSA) is 66.6 Å². The number of imidazole rings is 1. The van der Waals surface area contributed by atoms with Crippen LogP contribution in [-0.4, -0.2) is 33.6 Å². The van der Waals surface area contributed by atoms with Crippen LogP contribution >= 0.6 is 39.1 Å². The Morgan fingerprint density at radius 3 is 2.25 bits per heavy atom. The van der Waals surface area contributed by atoms with E-state index in [0.29, 0.717) is 45.1 Å². The molecule has 5 nitrogen and oxygen atoms in total. The molecule has 32 heavy (non-hydrogen) atoms. The Morgan fingerprint density at radius 2 is 1.62 bits per heavy atom. The first-order valence-corrected chi connectivity index (χ1v) is 11.7. The fourth-order valence-corrected chi connectivity index (χ4v) is 4.24. The van der Waals surface area contributed by atoms with Crippen molar-refractivity contribution in [2.45, 2.75) is 12.8 Å². The van der Waals surface area contributed by atoms with Crippen LogP contribution in [-0.2, 0) is 0 Å². The molecule has 0 unspecified atom stereocenters. The molecule has 2 N–H and O–H groups in total. The molecule has 0 saturated heterocycles. The molecule has 4 aromatic rings. The summed E-state index contributed by atoms with van der Waals surface area (Å²) in [6.45, 7) is 0.611. The Hall–Kier alpha value is -2.38. The molecule has 0 spiro atoms. The summed E-state index contributed by atoms with van der Waals surface area (Å²) in [6.07, 6.45) is 3.15. The van der Waals surface area contributed by atoms with Crippen LogP contribution in [0.1, 0.15) is 23.2 Å². The van der Waals surface area contributed by atoms with E-state index >= 15 is 0 Å². The van der Waals surface area contributed by atoms with Crippen molar-refractivity contribution in [1.29, 1.82) is 0 Å². The predicted octanol–water partition coefficient (Wildman–Crippen LogP) is 6.24. The third-order valence-corrected chi connectivity index (χ3v) is 6.13. The standard InChI is InChI=1S/C24H20BrCl2N3O2/c25-20-13-17(24(32)28-11-1-2-12-31)14-30-22(16-5-9-19(27)10-6-16)21(29-23(20)30)15-3-7-18(26)8-4-15/h3-10,13-14,31H,1-2,11-12H2,(H,28,32). The number of carbonyl (C=O) groups excluding carboxylic acids is 1. The molecule has 0 fully saturated rings. The Morgan fingerprint density at radius 1 is 1.00 bits per heavy atom.